The molecule has 0 aromatic heterocycles. The molecule has 190 valence electrons. The molecule has 1 atom stereocenters. The van der Waals surface area contributed by atoms with Crippen molar-refractivity contribution in [3.8, 4) is 0 Å². The van der Waals surface area contributed by atoms with Gasteiger partial charge in [-0.05, 0) is 31.4 Å². The Bertz CT molecular complexity index is 1160. The maximum absolute atomic E-state index is 13.5. The van der Waals surface area contributed by atoms with Gasteiger partial charge in [0.1, 0.15) is 12.6 Å². The molecule has 2 aromatic rings. The smallest absolute Gasteiger partial charge is 0.271 e. The van der Waals surface area contributed by atoms with Crippen molar-refractivity contribution in [2.24, 2.45) is 5.92 Å². The molecule has 0 radical (unpaired) electrons. The normalized spacial score (nSPS) is 12.2. The summed E-state index contributed by atoms with van der Waals surface area (Å²) in [5.74, 6) is -0.767. The Morgan fingerprint density at radius 2 is 1.71 bits per heavy atom. The molecule has 0 bridgehead atoms. The van der Waals surface area contributed by atoms with Crippen LogP contribution >= 0.6 is 0 Å². The lowest BCUT2D eigenvalue weighted by molar-refractivity contribution is -0.384. The Balaban J connectivity index is 2.39. The number of carbonyl (C=O) groups excluding carboxylic acids is 2. The largest absolute Gasteiger partial charge is 0.354 e. The standard InChI is InChI=1S/C24H32N4O6S/c1-17(2)14-25-24(30)19(4)26(15-20-11-9-18(3)10-12-20)23(29)16-27(35(5,33)34)21-7-6-8-22(13-21)28(31)32/h6-13,17,19H,14-16H2,1-5H3,(H,25,30)/t19-/m1/s1. The van der Waals surface area contributed by atoms with Gasteiger partial charge in [-0.15, -0.1) is 0 Å². The molecule has 0 heterocycles. The van der Waals surface area contributed by atoms with Gasteiger partial charge < -0.3 is 10.2 Å². The molecular formula is C24H32N4O6S. The van der Waals surface area contributed by atoms with E-state index < -0.39 is 33.4 Å². The van der Waals surface area contributed by atoms with Crippen LogP contribution in [-0.4, -0.2) is 55.4 Å². The first-order chi connectivity index (χ1) is 16.3. The number of non-ortho nitro benzene ring substituents is 1. The molecule has 0 saturated carbocycles. The number of carbonyl (C=O) groups is 2. The molecular weight excluding hydrogens is 472 g/mol. The van der Waals surface area contributed by atoms with Gasteiger partial charge in [-0.25, -0.2) is 8.42 Å². The fraction of sp³-hybridized carbons (Fsp3) is 0.417. The van der Waals surface area contributed by atoms with E-state index in [0.29, 0.717) is 6.54 Å². The zero-order valence-electron chi connectivity index (χ0n) is 20.6. The Kier molecular flexibility index (Phi) is 9.35. The summed E-state index contributed by atoms with van der Waals surface area (Å²) in [5.41, 5.74) is 1.49. The molecule has 0 aliphatic heterocycles. The second-order valence-electron chi connectivity index (χ2n) is 8.87. The molecule has 0 saturated heterocycles. The zero-order chi connectivity index (χ0) is 26.3. The van der Waals surface area contributed by atoms with Gasteiger partial charge in [0.05, 0.1) is 16.9 Å². The highest BCUT2D eigenvalue weighted by molar-refractivity contribution is 7.92. The van der Waals surface area contributed by atoms with E-state index in [-0.39, 0.29) is 29.7 Å². The predicted molar refractivity (Wildman–Crippen MR) is 134 cm³/mol. The van der Waals surface area contributed by atoms with E-state index in [2.05, 4.69) is 5.32 Å². The number of nitrogens with one attached hydrogen (secondary N) is 1. The summed E-state index contributed by atoms with van der Waals surface area (Å²) in [6.07, 6.45) is 0.919. The first-order valence-electron chi connectivity index (χ1n) is 11.1. The minimum absolute atomic E-state index is 0.0118. The van der Waals surface area contributed by atoms with Crippen molar-refractivity contribution in [3.05, 3.63) is 69.8 Å². The van der Waals surface area contributed by atoms with Gasteiger partial charge in [-0.3, -0.25) is 24.0 Å². The molecule has 2 amide bonds. The predicted octanol–water partition coefficient (Wildman–Crippen LogP) is 2.86. The zero-order valence-corrected chi connectivity index (χ0v) is 21.4. The molecule has 0 aliphatic carbocycles. The fourth-order valence-electron chi connectivity index (χ4n) is 3.30. The van der Waals surface area contributed by atoms with Crippen molar-refractivity contribution in [3.63, 3.8) is 0 Å². The van der Waals surface area contributed by atoms with Crippen LogP contribution in [0.4, 0.5) is 11.4 Å². The maximum atomic E-state index is 13.5. The minimum Gasteiger partial charge on any atom is -0.354 e. The third-order valence-corrected chi connectivity index (χ3v) is 6.47. The number of hydrogen-bond acceptors (Lipinski definition) is 6. The number of nitrogens with zero attached hydrogens (tertiary/aromatic N) is 3. The lowest BCUT2D eigenvalue weighted by atomic mass is 10.1. The second-order valence-corrected chi connectivity index (χ2v) is 10.8. The fourth-order valence-corrected chi connectivity index (χ4v) is 4.14. The molecule has 0 aliphatic rings. The van der Waals surface area contributed by atoms with Crippen molar-refractivity contribution in [2.75, 3.05) is 23.7 Å². The van der Waals surface area contributed by atoms with Gasteiger partial charge in [-0.1, -0.05) is 49.7 Å². The van der Waals surface area contributed by atoms with E-state index in [1.165, 1.54) is 23.1 Å². The van der Waals surface area contributed by atoms with Crippen LogP contribution in [0.25, 0.3) is 0 Å². The van der Waals surface area contributed by atoms with Gasteiger partial charge >= 0.3 is 0 Å². The summed E-state index contributed by atoms with van der Waals surface area (Å²) in [5, 5.41) is 14.0. The number of sulfonamides is 1. The molecule has 2 rings (SSSR count). The lowest BCUT2D eigenvalue weighted by Gasteiger charge is -2.31. The van der Waals surface area contributed by atoms with Crippen LogP contribution in [0.1, 0.15) is 31.9 Å². The quantitative estimate of drug-likeness (QED) is 0.370. The van der Waals surface area contributed by atoms with Gasteiger partial charge in [-0.2, -0.15) is 0 Å². The van der Waals surface area contributed by atoms with Crippen LogP contribution in [-0.2, 0) is 26.2 Å². The van der Waals surface area contributed by atoms with Gasteiger partial charge in [0.25, 0.3) is 5.69 Å². The summed E-state index contributed by atoms with van der Waals surface area (Å²) in [6, 6.07) is 11.6. The van der Waals surface area contributed by atoms with Gasteiger partial charge in [0.15, 0.2) is 0 Å². The summed E-state index contributed by atoms with van der Waals surface area (Å²) in [4.78, 5) is 38.1. The van der Waals surface area contributed by atoms with E-state index in [9.17, 15) is 28.1 Å². The monoisotopic (exact) mass is 504 g/mol. The highest BCUT2D eigenvalue weighted by atomic mass is 32.2. The van der Waals surface area contributed by atoms with Crippen molar-refractivity contribution >= 4 is 33.2 Å². The van der Waals surface area contributed by atoms with E-state index in [1.807, 2.05) is 45.0 Å². The number of aryl methyl sites for hydroxylation is 1. The van der Waals surface area contributed by atoms with E-state index in [4.69, 9.17) is 0 Å². The van der Waals surface area contributed by atoms with Crippen molar-refractivity contribution in [1.82, 2.24) is 10.2 Å². The Morgan fingerprint density at radius 3 is 2.26 bits per heavy atom. The highest BCUT2D eigenvalue weighted by Crippen LogP contribution is 2.24. The van der Waals surface area contributed by atoms with Gasteiger partial charge in [0.2, 0.25) is 21.8 Å². The van der Waals surface area contributed by atoms with Gasteiger partial charge in [0, 0.05) is 25.2 Å². The second kappa shape index (κ2) is 11.8. The molecule has 10 nitrogen and oxygen atoms in total. The molecule has 0 spiro atoms. The first-order valence-corrected chi connectivity index (χ1v) is 13.0. The van der Waals surface area contributed by atoms with Crippen LogP contribution in [0.5, 0.6) is 0 Å². The first kappa shape index (κ1) is 27.8. The van der Waals surface area contributed by atoms with E-state index in [0.717, 1.165) is 27.8 Å². The number of benzene rings is 2. The van der Waals surface area contributed by atoms with Crippen molar-refractivity contribution < 1.29 is 22.9 Å². The van der Waals surface area contributed by atoms with E-state index >= 15 is 0 Å². The minimum atomic E-state index is -3.97. The van der Waals surface area contributed by atoms with Crippen molar-refractivity contribution in [2.45, 2.75) is 40.3 Å². The molecule has 35 heavy (non-hydrogen) atoms. The number of amides is 2. The Morgan fingerprint density at radius 1 is 1.09 bits per heavy atom. The number of nitro groups is 1. The van der Waals surface area contributed by atoms with E-state index in [1.54, 1.807) is 6.92 Å². The third kappa shape index (κ3) is 8.06. The van der Waals surface area contributed by atoms with Crippen LogP contribution in [0, 0.1) is 23.0 Å². The van der Waals surface area contributed by atoms with Crippen LogP contribution < -0.4 is 9.62 Å². The summed E-state index contributed by atoms with van der Waals surface area (Å²) in [6.45, 7) is 7.30. The number of hydrogen-bond donors (Lipinski definition) is 1. The topological polar surface area (TPSA) is 130 Å². The lowest BCUT2D eigenvalue weighted by Crippen LogP contribution is -2.51. The third-order valence-electron chi connectivity index (χ3n) is 5.33. The average molecular weight is 505 g/mol. The van der Waals surface area contributed by atoms with Crippen LogP contribution in [0.15, 0.2) is 48.5 Å². The van der Waals surface area contributed by atoms with Crippen LogP contribution in [0.3, 0.4) is 0 Å². The highest BCUT2D eigenvalue weighted by Gasteiger charge is 2.30. The molecule has 0 fully saturated rings. The molecule has 1 N–H and O–H groups in total. The van der Waals surface area contributed by atoms with Crippen molar-refractivity contribution in [1.29, 1.82) is 0 Å². The SMILES string of the molecule is Cc1ccc(CN(C(=O)CN(c2cccc([N+](=O)[O-])c2)S(C)(=O)=O)[C@H](C)C(=O)NCC(C)C)cc1. The summed E-state index contributed by atoms with van der Waals surface area (Å²) < 4.78 is 25.9. The Labute approximate surface area is 206 Å². The molecule has 0 unspecified atom stereocenters. The number of nitro benzene ring substituents is 1. The number of anilines is 1. The van der Waals surface area contributed by atoms with Crippen LogP contribution in [0.2, 0.25) is 0 Å². The molecule has 2 aromatic carbocycles. The average Bonchev–Trinajstić information content (AvgIpc) is 2.79. The summed E-state index contributed by atoms with van der Waals surface area (Å²) >= 11 is 0. The number of rotatable bonds is 11. The molecule has 11 heteroatoms. The maximum Gasteiger partial charge on any atom is 0.271 e. The Hall–Kier alpha value is -3.47. The summed E-state index contributed by atoms with van der Waals surface area (Å²) in [7, 11) is -3.97.